The summed E-state index contributed by atoms with van der Waals surface area (Å²) in [5, 5.41) is 26.3. The van der Waals surface area contributed by atoms with E-state index in [1.54, 1.807) is 13.3 Å². The van der Waals surface area contributed by atoms with E-state index in [-0.39, 0.29) is 5.91 Å². The summed E-state index contributed by atoms with van der Waals surface area (Å²) in [6, 6.07) is 17.5. The Morgan fingerprint density at radius 3 is 2.60 bits per heavy atom. The van der Waals surface area contributed by atoms with Crippen molar-refractivity contribution in [2.24, 2.45) is 5.92 Å². The first-order valence-electron chi connectivity index (χ1n) is 16.1. The molecule has 3 fully saturated rings. The third-order valence-corrected chi connectivity index (χ3v) is 9.54. The number of amides is 1. The molecular weight excluding hydrogens is 590 g/mol. The largest absolute Gasteiger partial charge is 0.494 e. The van der Waals surface area contributed by atoms with Crippen LogP contribution in [0.15, 0.2) is 61.4 Å². The zero-order valence-corrected chi connectivity index (χ0v) is 26.4. The summed E-state index contributed by atoms with van der Waals surface area (Å²) < 4.78 is 8.13. The normalized spacial score (nSPS) is 17.0. The number of ether oxygens (including phenoxy) is 1. The molecule has 2 aromatic carbocycles. The van der Waals surface area contributed by atoms with Crippen molar-refractivity contribution in [1.82, 2.24) is 19.4 Å². The third-order valence-electron chi connectivity index (χ3n) is 9.54. The number of piperidine rings is 1. The molecule has 3 aliphatic rings. The van der Waals surface area contributed by atoms with Crippen molar-refractivity contribution in [3.63, 3.8) is 0 Å². The number of nitriles is 2. The van der Waals surface area contributed by atoms with Gasteiger partial charge in [-0.15, -0.1) is 0 Å². The number of nitrogens with one attached hydrogen (secondary N) is 2. The zero-order valence-electron chi connectivity index (χ0n) is 26.4. The van der Waals surface area contributed by atoms with Gasteiger partial charge in [0.1, 0.15) is 11.8 Å². The summed E-state index contributed by atoms with van der Waals surface area (Å²) in [5.74, 6) is 1.05. The van der Waals surface area contributed by atoms with E-state index in [1.807, 2.05) is 24.3 Å². The topological polar surface area (TPSA) is 135 Å². The van der Waals surface area contributed by atoms with E-state index in [0.29, 0.717) is 58.8 Å². The monoisotopic (exact) mass is 627 g/mol. The van der Waals surface area contributed by atoms with Crippen molar-refractivity contribution >= 4 is 39.8 Å². The molecule has 7 rings (SSSR count). The Morgan fingerprint density at radius 1 is 1.11 bits per heavy atom. The molecule has 4 aromatic rings. The molecule has 2 saturated heterocycles. The number of hydrogen-bond acceptors (Lipinski definition) is 9. The first-order valence-corrected chi connectivity index (χ1v) is 16.1. The highest BCUT2D eigenvalue weighted by molar-refractivity contribution is 6.02. The summed E-state index contributed by atoms with van der Waals surface area (Å²) in [5.41, 5.74) is 5.01. The molecule has 0 bridgehead atoms. The lowest BCUT2D eigenvalue weighted by Gasteiger charge is -2.47. The summed E-state index contributed by atoms with van der Waals surface area (Å²) in [7, 11) is 1.61. The number of methoxy groups -OCH3 is 1. The van der Waals surface area contributed by atoms with Gasteiger partial charge >= 0.3 is 0 Å². The standard InChI is InChI=1S/C36H37N9O2/c1-3-34(46)40-29-16-30(33(47-2)17-32(29)43-14-11-25(12-15-43)44-20-23(21-44)10-13-37)41-36-39-19-24(18-38)35(42-36)28-22-45(26-8-9-26)31-7-5-4-6-27(28)31/h3-7,16-17,19,22-23,25-26H,1,8-12,14-15,20-21H2,2H3,(H,40,46)(H,39,41,42). The van der Waals surface area contributed by atoms with E-state index in [1.165, 1.54) is 6.08 Å². The van der Waals surface area contributed by atoms with Crippen LogP contribution in [0.4, 0.5) is 23.0 Å². The predicted octanol–water partition coefficient (Wildman–Crippen LogP) is 6.00. The Kier molecular flexibility index (Phi) is 8.23. The molecule has 4 heterocycles. The first-order chi connectivity index (χ1) is 23.0. The summed E-state index contributed by atoms with van der Waals surface area (Å²) in [4.78, 5) is 26.6. The van der Waals surface area contributed by atoms with Gasteiger partial charge in [0, 0.05) is 73.4 Å². The van der Waals surface area contributed by atoms with Gasteiger partial charge in [0.05, 0.1) is 47.7 Å². The predicted molar refractivity (Wildman–Crippen MR) is 182 cm³/mol. The maximum Gasteiger partial charge on any atom is 0.247 e. The van der Waals surface area contributed by atoms with Gasteiger partial charge in [-0.2, -0.15) is 10.5 Å². The van der Waals surface area contributed by atoms with E-state index in [0.717, 1.165) is 74.0 Å². The van der Waals surface area contributed by atoms with Gasteiger partial charge in [-0.3, -0.25) is 9.69 Å². The second-order valence-corrected chi connectivity index (χ2v) is 12.6. The number of fused-ring (bicyclic) bond motifs is 1. The zero-order chi connectivity index (χ0) is 32.5. The van der Waals surface area contributed by atoms with Crippen molar-refractivity contribution in [2.45, 2.75) is 44.2 Å². The van der Waals surface area contributed by atoms with Crippen LogP contribution in [0, 0.1) is 28.6 Å². The fraction of sp³-hybridized carbons (Fsp3) is 0.361. The molecule has 0 atom stereocenters. The third kappa shape index (κ3) is 5.98. The number of carbonyl (C=O) groups is 1. The number of likely N-dealkylation sites (tertiary alicyclic amines) is 1. The molecule has 2 aromatic heterocycles. The number of hydrogen-bond donors (Lipinski definition) is 2. The van der Waals surface area contributed by atoms with Crippen LogP contribution in [-0.2, 0) is 4.79 Å². The average Bonchev–Trinajstić information content (AvgIpc) is 3.86. The number of anilines is 4. The Morgan fingerprint density at radius 2 is 1.89 bits per heavy atom. The van der Waals surface area contributed by atoms with Crippen LogP contribution in [0.25, 0.3) is 22.2 Å². The molecule has 0 unspecified atom stereocenters. The van der Waals surface area contributed by atoms with Gasteiger partial charge in [0.25, 0.3) is 0 Å². The molecule has 0 spiro atoms. The average molecular weight is 628 g/mol. The highest BCUT2D eigenvalue weighted by atomic mass is 16.5. The van der Waals surface area contributed by atoms with Crippen LogP contribution in [0.5, 0.6) is 5.75 Å². The Balaban J connectivity index is 1.18. The molecular formula is C36H37N9O2. The molecule has 1 saturated carbocycles. The van der Waals surface area contributed by atoms with Gasteiger partial charge in [0.15, 0.2) is 0 Å². The number of para-hydroxylation sites is 1. The van der Waals surface area contributed by atoms with E-state index in [2.05, 4.69) is 67.0 Å². The van der Waals surface area contributed by atoms with E-state index in [4.69, 9.17) is 15.0 Å². The summed E-state index contributed by atoms with van der Waals surface area (Å²) in [6.45, 7) is 7.28. The van der Waals surface area contributed by atoms with E-state index < -0.39 is 0 Å². The lowest BCUT2D eigenvalue weighted by Crippen LogP contribution is -2.55. The number of nitrogens with zero attached hydrogens (tertiary/aromatic N) is 7. The molecule has 2 N–H and O–H groups in total. The smallest absolute Gasteiger partial charge is 0.247 e. The first kappa shape index (κ1) is 30.3. The van der Waals surface area contributed by atoms with Gasteiger partial charge < -0.3 is 24.8 Å². The molecule has 238 valence electrons. The van der Waals surface area contributed by atoms with E-state index >= 15 is 0 Å². The molecule has 11 nitrogen and oxygen atoms in total. The quantitative estimate of drug-likeness (QED) is 0.203. The van der Waals surface area contributed by atoms with Gasteiger partial charge in [-0.05, 0) is 49.8 Å². The van der Waals surface area contributed by atoms with Crippen molar-refractivity contribution in [2.75, 3.05) is 48.8 Å². The summed E-state index contributed by atoms with van der Waals surface area (Å²) in [6.07, 6.45) is 9.79. The van der Waals surface area contributed by atoms with Crippen molar-refractivity contribution < 1.29 is 9.53 Å². The summed E-state index contributed by atoms with van der Waals surface area (Å²) >= 11 is 0. The van der Waals surface area contributed by atoms with Gasteiger partial charge in [-0.25, -0.2) is 9.97 Å². The van der Waals surface area contributed by atoms with Crippen LogP contribution >= 0.6 is 0 Å². The lowest BCUT2D eigenvalue weighted by molar-refractivity contribution is -0.111. The second-order valence-electron chi connectivity index (χ2n) is 12.6. The Hall–Kier alpha value is -5.39. The number of rotatable bonds is 10. The molecule has 11 heteroatoms. The van der Waals surface area contributed by atoms with Crippen molar-refractivity contribution in [3.8, 4) is 29.1 Å². The van der Waals surface area contributed by atoms with E-state index in [9.17, 15) is 10.1 Å². The van der Waals surface area contributed by atoms with Gasteiger partial charge in [-0.1, -0.05) is 24.8 Å². The maximum atomic E-state index is 12.6. The Bertz CT molecular complexity index is 1920. The second kappa shape index (κ2) is 12.8. The Labute approximate surface area is 274 Å². The number of aromatic nitrogens is 3. The fourth-order valence-corrected chi connectivity index (χ4v) is 6.92. The van der Waals surface area contributed by atoms with Crippen LogP contribution in [-0.4, -0.2) is 64.7 Å². The number of carbonyl (C=O) groups excluding carboxylic acids is 1. The minimum atomic E-state index is -0.315. The molecule has 47 heavy (non-hydrogen) atoms. The van der Waals surface area contributed by atoms with Gasteiger partial charge in [0.2, 0.25) is 11.9 Å². The lowest BCUT2D eigenvalue weighted by atomic mass is 9.91. The van der Waals surface area contributed by atoms with Crippen molar-refractivity contribution in [3.05, 3.63) is 67.0 Å². The minimum Gasteiger partial charge on any atom is -0.494 e. The molecule has 1 amide bonds. The molecule has 1 aliphatic carbocycles. The fourth-order valence-electron chi connectivity index (χ4n) is 6.92. The molecule has 2 aliphatic heterocycles. The molecule has 0 radical (unpaired) electrons. The SMILES string of the molecule is C=CC(=O)Nc1cc(Nc2ncc(C#N)c(-c3cn(C4CC4)c4ccccc34)n2)c(OC)cc1N1CCC(N2CC(CC#N)C2)CC1. The van der Waals surface area contributed by atoms with Crippen molar-refractivity contribution in [1.29, 1.82) is 10.5 Å². The van der Waals surface area contributed by atoms with Crippen LogP contribution in [0.1, 0.15) is 43.7 Å². The van der Waals surface area contributed by atoms with Crippen LogP contribution in [0.2, 0.25) is 0 Å². The highest BCUT2D eigenvalue weighted by Crippen LogP contribution is 2.43. The van der Waals surface area contributed by atoms with Crippen LogP contribution in [0.3, 0.4) is 0 Å². The minimum absolute atomic E-state index is 0.305. The number of benzene rings is 2. The maximum absolute atomic E-state index is 12.6. The highest BCUT2D eigenvalue weighted by Gasteiger charge is 2.34. The van der Waals surface area contributed by atoms with Crippen LogP contribution < -0.4 is 20.3 Å².